The summed E-state index contributed by atoms with van der Waals surface area (Å²) in [5.41, 5.74) is 5.47. The molecule has 0 spiro atoms. The standard InChI is InChI=1S/C8H15NO3/c1-6(10)3-4-7(9)8(11)5-12-2/h7H,3-5,9H2,1-2H3/t7-/m0/s1. The van der Waals surface area contributed by atoms with Crippen LogP contribution in [0.3, 0.4) is 0 Å². The summed E-state index contributed by atoms with van der Waals surface area (Å²) in [6, 6.07) is -0.561. The van der Waals surface area contributed by atoms with Crippen LogP contribution in [0.2, 0.25) is 0 Å². The van der Waals surface area contributed by atoms with Crippen molar-refractivity contribution in [1.82, 2.24) is 0 Å². The average Bonchev–Trinajstić information content (AvgIpc) is 2.00. The number of methoxy groups -OCH3 is 1. The van der Waals surface area contributed by atoms with Gasteiger partial charge in [0.05, 0.1) is 6.04 Å². The highest BCUT2D eigenvalue weighted by atomic mass is 16.5. The molecular formula is C8H15NO3. The highest BCUT2D eigenvalue weighted by Crippen LogP contribution is 1.96. The van der Waals surface area contributed by atoms with Crippen molar-refractivity contribution in [1.29, 1.82) is 0 Å². The summed E-state index contributed by atoms with van der Waals surface area (Å²) in [5.74, 6) is -0.102. The predicted octanol–water partition coefficient (Wildman–Crippen LogP) is -0.102. The molecule has 0 aliphatic rings. The van der Waals surface area contributed by atoms with Crippen LogP contribution >= 0.6 is 0 Å². The Morgan fingerprint density at radius 1 is 1.50 bits per heavy atom. The van der Waals surface area contributed by atoms with Crippen molar-refractivity contribution < 1.29 is 14.3 Å². The molecule has 0 aromatic carbocycles. The fourth-order valence-electron chi connectivity index (χ4n) is 0.769. The lowest BCUT2D eigenvalue weighted by Crippen LogP contribution is -2.33. The van der Waals surface area contributed by atoms with Crippen LogP contribution in [0, 0.1) is 0 Å². The number of nitrogens with two attached hydrogens (primary N) is 1. The van der Waals surface area contributed by atoms with E-state index in [2.05, 4.69) is 4.74 Å². The Labute approximate surface area is 72.1 Å². The van der Waals surface area contributed by atoms with E-state index in [9.17, 15) is 9.59 Å². The van der Waals surface area contributed by atoms with Gasteiger partial charge >= 0.3 is 0 Å². The second kappa shape index (κ2) is 5.85. The third-order valence-corrected chi connectivity index (χ3v) is 1.51. The first kappa shape index (κ1) is 11.3. The first-order chi connectivity index (χ1) is 5.57. The molecule has 4 heteroatoms. The number of hydrogen-bond acceptors (Lipinski definition) is 4. The molecule has 0 aromatic heterocycles. The molecule has 70 valence electrons. The van der Waals surface area contributed by atoms with Crippen molar-refractivity contribution in [2.75, 3.05) is 13.7 Å². The zero-order chi connectivity index (χ0) is 9.56. The second-order valence-corrected chi connectivity index (χ2v) is 2.75. The highest BCUT2D eigenvalue weighted by molar-refractivity contribution is 5.85. The van der Waals surface area contributed by atoms with Crippen molar-refractivity contribution in [3.05, 3.63) is 0 Å². The van der Waals surface area contributed by atoms with E-state index in [0.717, 1.165) is 0 Å². The van der Waals surface area contributed by atoms with Crippen LogP contribution in [0.5, 0.6) is 0 Å². The molecule has 0 aromatic rings. The molecule has 0 fully saturated rings. The molecule has 0 saturated carbocycles. The van der Waals surface area contributed by atoms with E-state index >= 15 is 0 Å². The SMILES string of the molecule is COCC(=O)[C@@H](N)CCC(C)=O. The van der Waals surface area contributed by atoms with E-state index in [0.29, 0.717) is 12.8 Å². The molecule has 0 unspecified atom stereocenters. The largest absolute Gasteiger partial charge is 0.377 e. The third-order valence-electron chi connectivity index (χ3n) is 1.51. The molecule has 12 heavy (non-hydrogen) atoms. The third kappa shape index (κ3) is 4.98. The average molecular weight is 173 g/mol. The van der Waals surface area contributed by atoms with Gasteiger partial charge in [-0.15, -0.1) is 0 Å². The highest BCUT2D eigenvalue weighted by Gasteiger charge is 2.12. The van der Waals surface area contributed by atoms with E-state index < -0.39 is 6.04 Å². The molecule has 0 rings (SSSR count). The molecule has 4 nitrogen and oxygen atoms in total. The molecule has 1 atom stereocenters. The van der Waals surface area contributed by atoms with E-state index in [1.807, 2.05) is 0 Å². The zero-order valence-corrected chi connectivity index (χ0v) is 7.50. The van der Waals surface area contributed by atoms with Gasteiger partial charge in [0.2, 0.25) is 0 Å². The topological polar surface area (TPSA) is 69.4 Å². The number of hydrogen-bond donors (Lipinski definition) is 1. The number of ketones is 2. The van der Waals surface area contributed by atoms with Gasteiger partial charge in [0.15, 0.2) is 5.78 Å². The molecule has 0 radical (unpaired) electrons. The van der Waals surface area contributed by atoms with Crippen molar-refractivity contribution in [2.24, 2.45) is 5.73 Å². The number of Topliss-reactive ketones (excluding diaryl/α,β-unsaturated/α-hetero) is 2. The molecule has 0 aliphatic heterocycles. The summed E-state index contributed by atoms with van der Waals surface area (Å²) >= 11 is 0. The van der Waals surface area contributed by atoms with Gasteiger partial charge in [0.1, 0.15) is 12.4 Å². The number of carbonyl (C=O) groups excluding carboxylic acids is 2. The summed E-state index contributed by atoms with van der Waals surface area (Å²) in [6.45, 7) is 1.51. The smallest absolute Gasteiger partial charge is 0.175 e. The Morgan fingerprint density at radius 3 is 2.50 bits per heavy atom. The summed E-state index contributed by atoms with van der Waals surface area (Å²) in [6.07, 6.45) is 0.772. The van der Waals surface area contributed by atoms with E-state index in [1.165, 1.54) is 14.0 Å². The maximum Gasteiger partial charge on any atom is 0.175 e. The van der Waals surface area contributed by atoms with Crippen molar-refractivity contribution in [3.63, 3.8) is 0 Å². The Hall–Kier alpha value is -0.740. The minimum atomic E-state index is -0.561. The molecule has 0 saturated heterocycles. The minimum Gasteiger partial charge on any atom is -0.377 e. The van der Waals surface area contributed by atoms with Crippen molar-refractivity contribution in [2.45, 2.75) is 25.8 Å². The van der Waals surface area contributed by atoms with Gasteiger partial charge in [-0.1, -0.05) is 0 Å². The Kier molecular flexibility index (Phi) is 5.49. The molecule has 0 amide bonds. The Bertz CT molecular complexity index is 168. The van der Waals surface area contributed by atoms with Gasteiger partial charge < -0.3 is 15.3 Å². The molecule has 2 N–H and O–H groups in total. The van der Waals surface area contributed by atoms with Crippen LogP contribution in [-0.4, -0.2) is 31.3 Å². The lowest BCUT2D eigenvalue weighted by molar-refractivity contribution is -0.124. The number of carbonyl (C=O) groups is 2. The molecular weight excluding hydrogens is 158 g/mol. The summed E-state index contributed by atoms with van der Waals surface area (Å²) in [4.78, 5) is 21.5. The number of ether oxygens (including phenoxy) is 1. The van der Waals surface area contributed by atoms with Crippen LogP contribution in [0.25, 0.3) is 0 Å². The maximum absolute atomic E-state index is 11.0. The van der Waals surface area contributed by atoms with Gasteiger partial charge in [-0.25, -0.2) is 0 Å². The lowest BCUT2D eigenvalue weighted by atomic mass is 10.1. The normalized spacial score (nSPS) is 12.6. The van der Waals surface area contributed by atoms with Crippen LogP contribution in [-0.2, 0) is 14.3 Å². The maximum atomic E-state index is 11.0. The van der Waals surface area contributed by atoms with Crippen LogP contribution < -0.4 is 5.73 Å². The van der Waals surface area contributed by atoms with Gasteiger partial charge in [0, 0.05) is 13.5 Å². The van der Waals surface area contributed by atoms with Crippen LogP contribution in [0.1, 0.15) is 19.8 Å². The van der Waals surface area contributed by atoms with E-state index in [1.54, 1.807) is 0 Å². The first-order valence-corrected chi connectivity index (χ1v) is 3.84. The fourth-order valence-corrected chi connectivity index (χ4v) is 0.769. The quantitative estimate of drug-likeness (QED) is 0.609. The van der Waals surface area contributed by atoms with Gasteiger partial charge in [-0.2, -0.15) is 0 Å². The van der Waals surface area contributed by atoms with Crippen LogP contribution in [0.15, 0.2) is 0 Å². The molecule has 0 heterocycles. The lowest BCUT2D eigenvalue weighted by Gasteiger charge is -2.07. The minimum absolute atomic E-state index is 0.0269. The monoisotopic (exact) mass is 173 g/mol. The zero-order valence-electron chi connectivity index (χ0n) is 7.50. The Morgan fingerprint density at radius 2 is 2.08 bits per heavy atom. The van der Waals surface area contributed by atoms with Crippen molar-refractivity contribution >= 4 is 11.6 Å². The Balaban J connectivity index is 3.63. The van der Waals surface area contributed by atoms with Gasteiger partial charge in [-0.05, 0) is 13.3 Å². The number of rotatable bonds is 6. The summed E-state index contributed by atoms with van der Waals surface area (Å²) in [7, 11) is 1.44. The predicted molar refractivity (Wildman–Crippen MR) is 44.8 cm³/mol. The first-order valence-electron chi connectivity index (χ1n) is 3.84. The summed E-state index contributed by atoms with van der Waals surface area (Å²) < 4.78 is 4.62. The molecule has 0 aliphatic carbocycles. The van der Waals surface area contributed by atoms with E-state index in [-0.39, 0.29) is 18.2 Å². The second-order valence-electron chi connectivity index (χ2n) is 2.75. The fraction of sp³-hybridized carbons (Fsp3) is 0.750. The van der Waals surface area contributed by atoms with Gasteiger partial charge in [0.25, 0.3) is 0 Å². The van der Waals surface area contributed by atoms with Crippen molar-refractivity contribution in [3.8, 4) is 0 Å². The molecule has 0 bridgehead atoms. The summed E-state index contributed by atoms with van der Waals surface area (Å²) in [5, 5.41) is 0. The van der Waals surface area contributed by atoms with E-state index in [4.69, 9.17) is 5.73 Å². The van der Waals surface area contributed by atoms with Gasteiger partial charge in [-0.3, -0.25) is 4.79 Å². The van der Waals surface area contributed by atoms with Crippen LogP contribution in [0.4, 0.5) is 0 Å².